The number of anilines is 2. The van der Waals surface area contributed by atoms with Crippen molar-refractivity contribution >= 4 is 66.2 Å². The van der Waals surface area contributed by atoms with Gasteiger partial charge in [0.25, 0.3) is 11.8 Å². The molecule has 4 nitrogen and oxygen atoms in total. The van der Waals surface area contributed by atoms with Crippen LogP contribution in [0.5, 0.6) is 0 Å². The number of carbonyl (C=O) groups excluding carboxylic acids is 2. The van der Waals surface area contributed by atoms with Gasteiger partial charge in [-0.05, 0) is 61.8 Å². The van der Waals surface area contributed by atoms with Crippen LogP contribution >= 0.6 is 31.9 Å². The average molecular weight is 869 g/mol. The largest absolute Gasteiger partial charge is 0.307 e. The van der Waals surface area contributed by atoms with Crippen LogP contribution in [0.4, 0.5) is 11.4 Å². The predicted octanol–water partition coefficient (Wildman–Crippen LogP) is 15.5. The number of fused-ring (bicyclic) bond motifs is 2. The second-order valence-corrected chi connectivity index (χ2v) is 18.3. The Morgan fingerprint density at radius 3 is 1.07 bits per heavy atom. The highest BCUT2D eigenvalue weighted by atomic mass is 79.9. The summed E-state index contributed by atoms with van der Waals surface area (Å²) in [6.45, 7) is 10.5. The van der Waals surface area contributed by atoms with Crippen molar-refractivity contribution in [1.29, 1.82) is 0 Å². The molecule has 0 fully saturated rings. The van der Waals surface area contributed by atoms with Gasteiger partial charge in [0.05, 0.1) is 22.5 Å². The number of benzene rings is 2. The predicted molar refractivity (Wildman–Crippen MR) is 240 cm³/mol. The van der Waals surface area contributed by atoms with Gasteiger partial charge in [0, 0.05) is 33.2 Å². The maximum absolute atomic E-state index is 14.9. The summed E-state index contributed by atoms with van der Waals surface area (Å²) < 4.78 is 1.93. The van der Waals surface area contributed by atoms with Crippen LogP contribution in [0.3, 0.4) is 0 Å². The quantitative estimate of drug-likeness (QED) is 0.0631. The van der Waals surface area contributed by atoms with Crippen LogP contribution in [-0.4, -0.2) is 24.9 Å². The average Bonchev–Trinajstić information content (AvgIpc) is 3.57. The van der Waals surface area contributed by atoms with Gasteiger partial charge in [0.15, 0.2) is 0 Å². The molecule has 2 unspecified atom stereocenters. The van der Waals surface area contributed by atoms with Gasteiger partial charge in [-0.15, -0.1) is 0 Å². The van der Waals surface area contributed by atoms with Crippen LogP contribution in [0.25, 0.3) is 11.1 Å². The molecule has 2 amide bonds. The lowest BCUT2D eigenvalue weighted by Gasteiger charge is -2.25. The molecule has 54 heavy (non-hydrogen) atoms. The smallest absolute Gasteiger partial charge is 0.259 e. The van der Waals surface area contributed by atoms with E-state index in [2.05, 4.69) is 83.8 Å². The first-order valence-electron chi connectivity index (χ1n) is 22.3. The van der Waals surface area contributed by atoms with Crippen LogP contribution in [0.1, 0.15) is 193 Å². The zero-order valence-electron chi connectivity index (χ0n) is 34.5. The van der Waals surface area contributed by atoms with Gasteiger partial charge in [-0.2, -0.15) is 0 Å². The van der Waals surface area contributed by atoms with Gasteiger partial charge in [0.1, 0.15) is 0 Å². The molecule has 2 aromatic rings. The Morgan fingerprint density at radius 1 is 0.444 bits per heavy atom. The topological polar surface area (TPSA) is 40.6 Å². The molecule has 0 aromatic heterocycles. The van der Waals surface area contributed by atoms with E-state index in [-0.39, 0.29) is 11.8 Å². The summed E-state index contributed by atoms with van der Waals surface area (Å²) in [4.78, 5) is 33.9. The molecule has 0 N–H and O–H groups in total. The highest BCUT2D eigenvalue weighted by Crippen LogP contribution is 2.48. The first-order valence-corrected chi connectivity index (χ1v) is 23.9. The molecule has 0 aliphatic carbocycles. The number of carbonyl (C=O) groups is 2. The van der Waals surface area contributed by atoms with Crippen molar-refractivity contribution in [2.75, 3.05) is 22.9 Å². The van der Waals surface area contributed by atoms with Crippen LogP contribution in [0.2, 0.25) is 0 Å². The Hall–Kier alpha value is -1.92. The van der Waals surface area contributed by atoms with Crippen LogP contribution < -0.4 is 9.80 Å². The minimum absolute atomic E-state index is 0.00753. The van der Waals surface area contributed by atoms with Gasteiger partial charge in [-0.3, -0.25) is 9.59 Å². The van der Waals surface area contributed by atoms with Crippen molar-refractivity contribution in [2.24, 2.45) is 11.8 Å². The zero-order chi connectivity index (χ0) is 38.7. The Bertz CT molecular complexity index is 1380. The van der Waals surface area contributed by atoms with E-state index >= 15 is 0 Å². The second kappa shape index (κ2) is 24.7. The van der Waals surface area contributed by atoms with Crippen molar-refractivity contribution in [1.82, 2.24) is 0 Å². The molecule has 0 radical (unpaired) electrons. The van der Waals surface area contributed by atoms with E-state index in [1.54, 1.807) is 0 Å². The minimum atomic E-state index is -0.00753. The second-order valence-electron chi connectivity index (χ2n) is 16.4. The van der Waals surface area contributed by atoms with Crippen LogP contribution in [-0.2, 0) is 9.59 Å². The van der Waals surface area contributed by atoms with E-state index < -0.39 is 0 Å². The maximum atomic E-state index is 14.9. The van der Waals surface area contributed by atoms with E-state index in [1.807, 2.05) is 21.9 Å². The molecular weight excluding hydrogens is 796 g/mol. The van der Waals surface area contributed by atoms with Crippen LogP contribution in [0.15, 0.2) is 45.3 Å². The number of rotatable bonds is 28. The monoisotopic (exact) mass is 866 g/mol. The Morgan fingerprint density at radius 2 is 0.741 bits per heavy atom. The number of amides is 2. The minimum Gasteiger partial charge on any atom is -0.307 e. The molecular formula is C48H72Br2N2O2. The molecule has 0 saturated heterocycles. The van der Waals surface area contributed by atoms with E-state index in [9.17, 15) is 9.59 Å². The van der Waals surface area contributed by atoms with Gasteiger partial charge in [-0.25, -0.2) is 0 Å². The first kappa shape index (κ1) is 44.8. The van der Waals surface area contributed by atoms with E-state index in [4.69, 9.17) is 0 Å². The van der Waals surface area contributed by atoms with Crippen molar-refractivity contribution in [2.45, 2.75) is 182 Å². The molecule has 300 valence electrons. The summed E-state index contributed by atoms with van der Waals surface area (Å²) in [6.07, 6.45) is 29.9. The number of unbranched alkanes of at least 4 members (excludes halogenated alkanes) is 16. The zero-order valence-corrected chi connectivity index (χ0v) is 37.6. The van der Waals surface area contributed by atoms with Crippen molar-refractivity contribution in [3.8, 4) is 0 Å². The third-order valence-electron chi connectivity index (χ3n) is 12.0. The van der Waals surface area contributed by atoms with Crippen molar-refractivity contribution in [3.63, 3.8) is 0 Å². The molecule has 0 bridgehead atoms. The van der Waals surface area contributed by atoms with E-state index in [0.29, 0.717) is 36.1 Å². The standard InChI is InChI=1S/C48H72Br2N2O2/c1-5-9-13-17-19-23-27-37(25-21-15-11-7-3)35-51-43-33-39(49)29-31-41(43)45(47(51)53)46-42-32-30-40(50)34-44(42)52(48(46)54)36-38(26-22-16-12-8-4)28-24-20-18-14-10-6-2/h29-34,37-38H,5-28,35-36H2,1-4H3/b46-45-. The maximum Gasteiger partial charge on any atom is 0.259 e. The molecule has 6 heteroatoms. The molecule has 2 heterocycles. The molecule has 2 atom stereocenters. The van der Waals surface area contributed by atoms with Gasteiger partial charge in [0.2, 0.25) is 0 Å². The summed E-state index contributed by atoms with van der Waals surface area (Å²) in [6, 6.07) is 12.4. The third kappa shape index (κ3) is 13.1. The molecule has 2 aliphatic rings. The summed E-state index contributed by atoms with van der Waals surface area (Å²) in [5, 5.41) is 0. The molecule has 2 aliphatic heterocycles. The molecule has 4 rings (SSSR count). The number of hydrogen-bond acceptors (Lipinski definition) is 2. The lowest BCUT2D eigenvalue weighted by molar-refractivity contribution is -0.114. The Kier molecular flexibility index (Phi) is 20.5. The molecule has 0 saturated carbocycles. The fourth-order valence-corrected chi connectivity index (χ4v) is 9.46. The number of nitrogens with zero attached hydrogens (tertiary/aromatic N) is 2. The number of hydrogen-bond donors (Lipinski definition) is 0. The van der Waals surface area contributed by atoms with Crippen molar-refractivity contribution in [3.05, 3.63) is 56.5 Å². The lowest BCUT2D eigenvalue weighted by Crippen LogP contribution is -2.34. The summed E-state index contributed by atoms with van der Waals surface area (Å²) in [5.74, 6) is 0.879. The Labute approximate surface area is 347 Å². The fourth-order valence-electron chi connectivity index (χ4n) is 8.76. The summed E-state index contributed by atoms with van der Waals surface area (Å²) >= 11 is 7.46. The Balaban J connectivity index is 1.63. The SMILES string of the molecule is CCCCCCCCC(CCCCCC)CN1C(=O)/C(=C2\C(=O)N(CC(CCCCCC)CCCCCCCC)c3cc(Br)ccc32)c2ccc(Br)cc21. The highest BCUT2D eigenvalue weighted by Gasteiger charge is 2.43. The molecule has 2 aromatic carbocycles. The summed E-state index contributed by atoms with van der Waals surface area (Å²) in [5.41, 5.74) is 4.87. The van der Waals surface area contributed by atoms with Gasteiger partial charge < -0.3 is 9.80 Å². The fraction of sp³-hybridized carbons (Fsp3) is 0.667. The van der Waals surface area contributed by atoms with E-state index in [0.717, 1.165) is 57.1 Å². The molecule has 0 spiro atoms. The highest BCUT2D eigenvalue weighted by molar-refractivity contribution is 9.10. The first-order chi connectivity index (χ1) is 26.3. The number of halogens is 2. The van der Waals surface area contributed by atoms with Gasteiger partial charge >= 0.3 is 0 Å². The van der Waals surface area contributed by atoms with E-state index in [1.165, 1.54) is 128 Å². The van der Waals surface area contributed by atoms with Crippen LogP contribution in [0, 0.1) is 11.8 Å². The van der Waals surface area contributed by atoms with Crippen molar-refractivity contribution < 1.29 is 9.59 Å². The third-order valence-corrected chi connectivity index (χ3v) is 12.9. The lowest BCUT2D eigenvalue weighted by atomic mass is 9.93. The summed E-state index contributed by atoms with van der Waals surface area (Å²) in [7, 11) is 0. The normalized spacial score (nSPS) is 16.4. The van der Waals surface area contributed by atoms with Gasteiger partial charge in [-0.1, -0.05) is 200 Å².